The highest BCUT2D eigenvalue weighted by Crippen LogP contribution is 2.77. The predicted octanol–water partition coefficient (Wildman–Crippen LogP) is 3.48. The molecule has 0 amide bonds. The lowest BCUT2D eigenvalue weighted by Crippen LogP contribution is -2.23. The maximum atomic E-state index is 12.4. The van der Waals surface area contributed by atoms with Crippen LogP contribution in [-0.2, 0) is 10.2 Å². The number of benzene rings is 2. The molecule has 0 aromatic heterocycles. The van der Waals surface area contributed by atoms with Crippen molar-refractivity contribution in [2.75, 3.05) is 0 Å². The van der Waals surface area contributed by atoms with Gasteiger partial charge in [0.1, 0.15) is 5.78 Å². The molecule has 0 aliphatic heterocycles. The lowest BCUT2D eigenvalue weighted by atomic mass is 9.77. The van der Waals surface area contributed by atoms with Gasteiger partial charge in [0.05, 0.1) is 22.8 Å². The summed E-state index contributed by atoms with van der Waals surface area (Å²) in [5.74, 6) is 0.0593. The van der Waals surface area contributed by atoms with E-state index in [4.69, 9.17) is 0 Å². The minimum Gasteiger partial charge on any atom is -0.299 e. The van der Waals surface area contributed by atoms with E-state index >= 15 is 0 Å². The summed E-state index contributed by atoms with van der Waals surface area (Å²) in [6, 6.07) is 22.6. The Labute approximate surface area is 124 Å². The van der Waals surface area contributed by atoms with Crippen molar-refractivity contribution < 1.29 is 4.79 Å². The first-order valence-electron chi connectivity index (χ1n) is 7.32. The van der Waals surface area contributed by atoms with E-state index in [9.17, 15) is 10.1 Å². The van der Waals surface area contributed by atoms with Crippen LogP contribution in [0, 0.1) is 22.7 Å². The quantitative estimate of drug-likeness (QED) is 0.840. The van der Waals surface area contributed by atoms with Gasteiger partial charge in [-0.15, -0.1) is 0 Å². The third-order valence-corrected chi connectivity index (χ3v) is 5.29. The molecule has 102 valence electrons. The predicted molar refractivity (Wildman–Crippen MR) is 79.4 cm³/mol. The van der Waals surface area contributed by atoms with E-state index in [1.165, 1.54) is 0 Å². The number of carbonyl (C=O) groups excluding carboxylic acids is 1. The lowest BCUT2D eigenvalue weighted by Gasteiger charge is -2.24. The van der Waals surface area contributed by atoms with Crippen LogP contribution in [0.2, 0.25) is 0 Å². The maximum Gasteiger partial charge on any atom is 0.138 e. The third-order valence-electron chi connectivity index (χ3n) is 5.29. The second-order valence-corrected chi connectivity index (χ2v) is 6.02. The highest BCUT2D eigenvalue weighted by atomic mass is 16.1. The average Bonchev–Trinajstić information content (AvgIpc) is 3.05. The molecular formula is C19H15NO. The van der Waals surface area contributed by atoms with Crippen molar-refractivity contribution in [1.29, 1.82) is 5.26 Å². The number of rotatable bonds is 2. The summed E-state index contributed by atoms with van der Waals surface area (Å²) in [6.45, 7) is 0. The summed E-state index contributed by atoms with van der Waals surface area (Å²) in [7, 11) is 0. The van der Waals surface area contributed by atoms with Crippen LogP contribution in [0.25, 0.3) is 0 Å². The number of hydrogen-bond acceptors (Lipinski definition) is 2. The fourth-order valence-electron chi connectivity index (χ4n) is 4.48. The van der Waals surface area contributed by atoms with Crippen LogP contribution >= 0.6 is 0 Å². The van der Waals surface area contributed by atoms with Crippen LogP contribution in [0.3, 0.4) is 0 Å². The van der Waals surface area contributed by atoms with Crippen LogP contribution in [0.15, 0.2) is 60.7 Å². The second-order valence-electron chi connectivity index (χ2n) is 6.02. The number of carbonyl (C=O) groups is 1. The van der Waals surface area contributed by atoms with E-state index in [1.807, 2.05) is 36.4 Å². The Kier molecular flexibility index (Phi) is 2.38. The molecule has 2 aliphatic carbocycles. The minimum atomic E-state index is -0.549. The van der Waals surface area contributed by atoms with E-state index in [2.05, 4.69) is 30.3 Å². The number of Topliss-reactive ketones (excluding diaryl/α,β-unsaturated/α-hetero) is 1. The number of fused-ring (bicyclic) bond motifs is 1. The summed E-state index contributed by atoms with van der Waals surface area (Å²) in [6.07, 6.45) is 1.22. The molecule has 2 heteroatoms. The van der Waals surface area contributed by atoms with Crippen molar-refractivity contribution >= 4 is 5.78 Å². The molecule has 2 aliphatic rings. The monoisotopic (exact) mass is 273 g/mol. The van der Waals surface area contributed by atoms with Crippen LogP contribution in [0.4, 0.5) is 0 Å². The molecule has 2 saturated carbocycles. The molecule has 0 bridgehead atoms. The normalized spacial score (nSPS) is 28.7. The summed E-state index contributed by atoms with van der Waals surface area (Å²) < 4.78 is 0. The number of ketones is 1. The van der Waals surface area contributed by atoms with Gasteiger partial charge < -0.3 is 0 Å². The zero-order chi connectivity index (χ0) is 14.5. The van der Waals surface area contributed by atoms with E-state index in [0.717, 1.165) is 11.1 Å². The van der Waals surface area contributed by atoms with Crippen LogP contribution in [-0.4, -0.2) is 5.78 Å². The van der Waals surface area contributed by atoms with Gasteiger partial charge in [-0.1, -0.05) is 60.7 Å². The number of nitrogens with zero attached hydrogens (tertiary/aromatic N) is 1. The zero-order valence-electron chi connectivity index (χ0n) is 11.6. The molecule has 0 spiro atoms. The van der Waals surface area contributed by atoms with Gasteiger partial charge in [-0.3, -0.25) is 4.79 Å². The molecule has 0 radical (unpaired) electrons. The van der Waals surface area contributed by atoms with Gasteiger partial charge >= 0.3 is 0 Å². The third kappa shape index (κ3) is 1.29. The molecule has 4 rings (SSSR count). The van der Waals surface area contributed by atoms with Gasteiger partial charge in [0.2, 0.25) is 0 Å². The summed E-state index contributed by atoms with van der Waals surface area (Å²) in [4.78, 5) is 12.4. The van der Waals surface area contributed by atoms with Gasteiger partial charge in [0, 0.05) is 6.42 Å². The van der Waals surface area contributed by atoms with Crippen molar-refractivity contribution in [3.8, 4) is 6.07 Å². The van der Waals surface area contributed by atoms with Crippen molar-refractivity contribution in [1.82, 2.24) is 0 Å². The molecule has 0 saturated heterocycles. The Balaban J connectivity index is 2.00. The molecule has 0 heterocycles. The van der Waals surface area contributed by atoms with Crippen molar-refractivity contribution in [3.05, 3.63) is 71.8 Å². The average molecular weight is 273 g/mol. The van der Waals surface area contributed by atoms with Gasteiger partial charge in [-0.2, -0.15) is 5.26 Å². The fraction of sp³-hybridized carbons (Fsp3) is 0.263. The highest BCUT2D eigenvalue weighted by Gasteiger charge is 2.83. The SMILES string of the molecule is N#C[C@]12CCC(=O)[C@H]1C2(c1ccccc1)c1ccccc1. The van der Waals surface area contributed by atoms with Crippen molar-refractivity contribution in [2.24, 2.45) is 11.3 Å². The van der Waals surface area contributed by atoms with Crippen LogP contribution in [0.5, 0.6) is 0 Å². The molecule has 21 heavy (non-hydrogen) atoms. The van der Waals surface area contributed by atoms with Gasteiger partial charge in [-0.05, 0) is 17.5 Å². The first kappa shape index (κ1) is 12.3. The molecule has 0 N–H and O–H groups in total. The first-order chi connectivity index (χ1) is 10.3. The Morgan fingerprint density at radius 2 is 1.48 bits per heavy atom. The first-order valence-corrected chi connectivity index (χ1v) is 7.32. The number of hydrogen-bond donors (Lipinski definition) is 0. The Morgan fingerprint density at radius 3 is 1.90 bits per heavy atom. The Morgan fingerprint density at radius 1 is 0.952 bits per heavy atom. The van der Waals surface area contributed by atoms with E-state index < -0.39 is 10.8 Å². The summed E-state index contributed by atoms with van der Waals surface area (Å²) in [5, 5.41) is 9.84. The molecule has 0 unspecified atom stereocenters. The molecule has 2 atom stereocenters. The highest BCUT2D eigenvalue weighted by molar-refractivity contribution is 5.94. The minimum absolute atomic E-state index is 0.181. The van der Waals surface area contributed by atoms with E-state index in [-0.39, 0.29) is 11.7 Å². The molecular weight excluding hydrogens is 258 g/mol. The zero-order valence-corrected chi connectivity index (χ0v) is 11.6. The van der Waals surface area contributed by atoms with Crippen molar-refractivity contribution in [3.63, 3.8) is 0 Å². The fourth-order valence-corrected chi connectivity index (χ4v) is 4.48. The van der Waals surface area contributed by atoms with Gasteiger partial charge in [0.15, 0.2) is 0 Å². The van der Waals surface area contributed by atoms with Crippen LogP contribution < -0.4 is 0 Å². The van der Waals surface area contributed by atoms with E-state index in [0.29, 0.717) is 12.8 Å². The number of nitriles is 1. The summed E-state index contributed by atoms with van der Waals surface area (Å²) in [5.41, 5.74) is 1.19. The molecule has 2 nitrogen and oxygen atoms in total. The van der Waals surface area contributed by atoms with Crippen LogP contribution in [0.1, 0.15) is 24.0 Å². The van der Waals surface area contributed by atoms with Gasteiger partial charge in [0.25, 0.3) is 0 Å². The largest absolute Gasteiger partial charge is 0.299 e. The Bertz CT molecular complexity index is 705. The van der Waals surface area contributed by atoms with Gasteiger partial charge in [-0.25, -0.2) is 0 Å². The molecule has 2 aromatic carbocycles. The molecule has 2 fully saturated rings. The standard InChI is InChI=1S/C19H15NO/c20-13-18-12-11-16(21)17(18)19(18,14-7-3-1-4-8-14)15-9-5-2-6-10-15/h1-10,17H,11-12H2/t17-,18-/m1/s1. The second kappa shape index (κ2) is 4.05. The van der Waals surface area contributed by atoms with E-state index in [1.54, 1.807) is 0 Å². The maximum absolute atomic E-state index is 12.4. The topological polar surface area (TPSA) is 40.9 Å². The smallest absolute Gasteiger partial charge is 0.138 e. The summed E-state index contributed by atoms with van der Waals surface area (Å²) >= 11 is 0. The Hall–Kier alpha value is -2.40. The lowest BCUT2D eigenvalue weighted by molar-refractivity contribution is -0.119. The molecule has 2 aromatic rings. The van der Waals surface area contributed by atoms with Crippen molar-refractivity contribution in [2.45, 2.75) is 18.3 Å².